The lowest BCUT2D eigenvalue weighted by Crippen LogP contribution is -2.66. The Kier molecular flexibility index (Phi) is 7.90. The number of likely N-dealkylation sites (N-methyl/N-ethyl adjacent to an activating group) is 1. The largest absolute Gasteiger partial charge is 0.361 e. The first-order valence-electron chi connectivity index (χ1n) is 10.6. The van der Waals surface area contributed by atoms with Crippen molar-refractivity contribution in [2.24, 2.45) is 0 Å². The molecule has 2 fully saturated rings. The second-order valence-electron chi connectivity index (χ2n) is 7.75. The standard InChI is InChI=1S/C22H33BrN2O2S/c1-4-26-22(27-5-2)14-8-9-19(20(22)25-15-6-7-16-25)24(3)21(28)17-10-12-18(23)13-11-17/h10-13,19-20H,4-9,14-16H2,1-3H3. The van der Waals surface area contributed by atoms with E-state index in [-0.39, 0.29) is 12.1 Å². The van der Waals surface area contributed by atoms with Gasteiger partial charge in [-0.05, 0) is 64.8 Å². The lowest BCUT2D eigenvalue weighted by atomic mass is 9.82. The molecule has 1 aromatic carbocycles. The predicted molar refractivity (Wildman–Crippen MR) is 122 cm³/mol. The average Bonchev–Trinajstić information content (AvgIpc) is 3.22. The van der Waals surface area contributed by atoms with Crippen molar-refractivity contribution in [1.82, 2.24) is 9.80 Å². The summed E-state index contributed by atoms with van der Waals surface area (Å²) in [6.45, 7) is 7.70. The van der Waals surface area contributed by atoms with E-state index in [9.17, 15) is 0 Å². The molecule has 1 aliphatic carbocycles. The number of ether oxygens (including phenoxy) is 2. The fraction of sp³-hybridized carbons (Fsp3) is 0.682. The lowest BCUT2D eigenvalue weighted by molar-refractivity contribution is -0.285. The number of hydrogen-bond acceptors (Lipinski definition) is 4. The molecule has 1 saturated heterocycles. The Morgan fingerprint density at radius 2 is 1.75 bits per heavy atom. The van der Waals surface area contributed by atoms with E-state index in [1.54, 1.807) is 0 Å². The van der Waals surface area contributed by atoms with Crippen LogP contribution in [0.15, 0.2) is 28.7 Å². The highest BCUT2D eigenvalue weighted by Crippen LogP contribution is 2.40. The highest BCUT2D eigenvalue weighted by Gasteiger charge is 2.52. The molecule has 0 bridgehead atoms. The summed E-state index contributed by atoms with van der Waals surface area (Å²) in [6, 6.07) is 8.77. The van der Waals surface area contributed by atoms with Gasteiger partial charge in [0.2, 0.25) is 0 Å². The molecular formula is C22H33BrN2O2S. The van der Waals surface area contributed by atoms with Gasteiger partial charge in [-0.1, -0.05) is 40.3 Å². The smallest absolute Gasteiger partial charge is 0.185 e. The molecule has 28 heavy (non-hydrogen) atoms. The van der Waals surface area contributed by atoms with E-state index in [4.69, 9.17) is 21.7 Å². The summed E-state index contributed by atoms with van der Waals surface area (Å²) in [6.07, 6.45) is 5.64. The molecule has 1 aromatic rings. The molecular weight excluding hydrogens is 436 g/mol. The molecule has 2 atom stereocenters. The molecule has 1 heterocycles. The Morgan fingerprint density at radius 3 is 2.32 bits per heavy atom. The van der Waals surface area contributed by atoms with E-state index >= 15 is 0 Å². The molecule has 4 nitrogen and oxygen atoms in total. The van der Waals surface area contributed by atoms with Gasteiger partial charge in [0, 0.05) is 36.7 Å². The van der Waals surface area contributed by atoms with Crippen molar-refractivity contribution >= 4 is 33.1 Å². The second-order valence-corrected chi connectivity index (χ2v) is 9.05. The van der Waals surface area contributed by atoms with E-state index in [0.717, 1.165) is 47.4 Å². The van der Waals surface area contributed by atoms with Crippen LogP contribution >= 0.6 is 28.1 Å². The lowest BCUT2D eigenvalue weighted by Gasteiger charge is -2.53. The number of hydrogen-bond donors (Lipinski definition) is 0. The molecule has 0 spiro atoms. The van der Waals surface area contributed by atoms with Crippen LogP contribution in [0.3, 0.4) is 0 Å². The quantitative estimate of drug-likeness (QED) is 0.420. The van der Waals surface area contributed by atoms with Crippen LogP contribution in [0.5, 0.6) is 0 Å². The molecule has 2 unspecified atom stereocenters. The summed E-state index contributed by atoms with van der Waals surface area (Å²) in [5.74, 6) is -0.541. The van der Waals surface area contributed by atoms with Crippen LogP contribution in [-0.4, -0.2) is 66.0 Å². The third kappa shape index (κ3) is 4.62. The molecule has 6 heteroatoms. The first kappa shape index (κ1) is 22.2. The molecule has 3 rings (SSSR count). The highest BCUT2D eigenvalue weighted by molar-refractivity contribution is 9.10. The minimum absolute atomic E-state index is 0.196. The van der Waals surface area contributed by atoms with Crippen LogP contribution < -0.4 is 0 Å². The minimum Gasteiger partial charge on any atom is -0.361 e. The van der Waals surface area contributed by atoms with E-state index in [0.29, 0.717) is 13.2 Å². The van der Waals surface area contributed by atoms with Crippen molar-refractivity contribution in [2.75, 3.05) is 33.4 Å². The normalized spacial score (nSPS) is 25.0. The summed E-state index contributed by atoms with van der Waals surface area (Å²) in [5, 5.41) is 0. The summed E-state index contributed by atoms with van der Waals surface area (Å²) < 4.78 is 13.8. The van der Waals surface area contributed by atoms with Crippen LogP contribution in [0.4, 0.5) is 0 Å². The zero-order chi connectivity index (χ0) is 20.1. The van der Waals surface area contributed by atoms with Crippen LogP contribution in [0.1, 0.15) is 51.5 Å². The number of likely N-dealkylation sites (tertiary alicyclic amines) is 1. The van der Waals surface area contributed by atoms with Gasteiger partial charge in [0.05, 0.1) is 12.1 Å². The van der Waals surface area contributed by atoms with Crippen molar-refractivity contribution in [3.63, 3.8) is 0 Å². The molecule has 0 aromatic heterocycles. The monoisotopic (exact) mass is 468 g/mol. The van der Waals surface area contributed by atoms with Gasteiger partial charge >= 0.3 is 0 Å². The number of halogens is 1. The van der Waals surface area contributed by atoms with Crippen LogP contribution in [0, 0.1) is 0 Å². The topological polar surface area (TPSA) is 24.9 Å². The third-order valence-electron chi connectivity index (χ3n) is 6.06. The number of benzene rings is 1. The van der Waals surface area contributed by atoms with Gasteiger partial charge in [-0.3, -0.25) is 4.90 Å². The summed E-state index contributed by atoms with van der Waals surface area (Å²) in [4.78, 5) is 5.79. The fourth-order valence-electron chi connectivity index (χ4n) is 4.90. The fourth-order valence-corrected chi connectivity index (χ4v) is 5.43. The maximum absolute atomic E-state index is 6.38. The highest BCUT2D eigenvalue weighted by atomic mass is 79.9. The van der Waals surface area contributed by atoms with Crippen molar-refractivity contribution in [3.8, 4) is 0 Å². The molecule has 0 amide bonds. The van der Waals surface area contributed by atoms with Gasteiger partial charge in [-0.15, -0.1) is 0 Å². The maximum Gasteiger partial charge on any atom is 0.185 e. The first-order chi connectivity index (χ1) is 13.5. The number of thiocarbonyl (C=S) groups is 1. The van der Waals surface area contributed by atoms with Crippen molar-refractivity contribution in [3.05, 3.63) is 34.3 Å². The summed E-state index contributed by atoms with van der Waals surface area (Å²) in [7, 11) is 2.14. The molecule has 2 aliphatic rings. The van der Waals surface area contributed by atoms with Gasteiger partial charge in [0.25, 0.3) is 0 Å². The van der Waals surface area contributed by atoms with Crippen LogP contribution in [0.2, 0.25) is 0 Å². The Hall–Kier alpha value is -0.530. The van der Waals surface area contributed by atoms with E-state index in [1.165, 1.54) is 12.8 Å². The van der Waals surface area contributed by atoms with E-state index in [2.05, 4.69) is 70.9 Å². The molecule has 0 radical (unpaired) electrons. The molecule has 1 saturated carbocycles. The van der Waals surface area contributed by atoms with Crippen LogP contribution in [-0.2, 0) is 9.47 Å². The summed E-state index contributed by atoms with van der Waals surface area (Å²) >= 11 is 9.42. The minimum atomic E-state index is -0.541. The van der Waals surface area contributed by atoms with Crippen molar-refractivity contribution < 1.29 is 9.47 Å². The Bertz CT molecular complexity index is 637. The predicted octanol–water partition coefficient (Wildman–Crippen LogP) is 4.84. The van der Waals surface area contributed by atoms with Crippen LogP contribution in [0.25, 0.3) is 0 Å². The van der Waals surface area contributed by atoms with E-state index < -0.39 is 5.79 Å². The first-order valence-corrected chi connectivity index (χ1v) is 11.8. The Labute approximate surface area is 183 Å². The van der Waals surface area contributed by atoms with Gasteiger partial charge in [0.15, 0.2) is 5.79 Å². The average molecular weight is 469 g/mol. The van der Waals surface area contributed by atoms with E-state index in [1.807, 2.05) is 0 Å². The van der Waals surface area contributed by atoms with Gasteiger partial charge < -0.3 is 14.4 Å². The van der Waals surface area contributed by atoms with Crippen molar-refractivity contribution in [2.45, 2.75) is 63.8 Å². The zero-order valence-electron chi connectivity index (χ0n) is 17.3. The third-order valence-corrected chi connectivity index (χ3v) is 7.11. The maximum atomic E-state index is 6.38. The second kappa shape index (κ2) is 9.98. The van der Waals surface area contributed by atoms with Gasteiger partial charge in [0.1, 0.15) is 4.99 Å². The molecule has 0 N–H and O–H groups in total. The molecule has 156 valence electrons. The number of nitrogens with zero attached hydrogens (tertiary/aromatic N) is 2. The molecule has 1 aliphatic heterocycles. The number of rotatable bonds is 7. The van der Waals surface area contributed by atoms with Gasteiger partial charge in [-0.25, -0.2) is 0 Å². The Morgan fingerprint density at radius 1 is 1.14 bits per heavy atom. The van der Waals surface area contributed by atoms with Gasteiger partial charge in [-0.2, -0.15) is 0 Å². The van der Waals surface area contributed by atoms with Crippen molar-refractivity contribution in [1.29, 1.82) is 0 Å². The Balaban J connectivity index is 1.91. The SMILES string of the molecule is CCOC1(OCC)CCCC(N(C)C(=S)c2ccc(Br)cc2)C1N1CCCC1. The zero-order valence-corrected chi connectivity index (χ0v) is 19.7. The summed E-state index contributed by atoms with van der Waals surface area (Å²) in [5.41, 5.74) is 1.09.